The van der Waals surface area contributed by atoms with Gasteiger partial charge in [-0.25, -0.2) is 9.59 Å². The molecule has 8 heteroatoms. The van der Waals surface area contributed by atoms with Crippen molar-refractivity contribution in [3.63, 3.8) is 0 Å². The molecule has 1 aliphatic heterocycles. The highest BCUT2D eigenvalue weighted by Crippen LogP contribution is 2.51. The highest BCUT2D eigenvalue weighted by atomic mass is 32.2. The summed E-state index contributed by atoms with van der Waals surface area (Å²) >= 11 is 1.23. The molecule has 2 rings (SSSR count). The van der Waals surface area contributed by atoms with E-state index >= 15 is 0 Å². The van der Waals surface area contributed by atoms with Crippen molar-refractivity contribution in [2.45, 2.75) is 51.3 Å². The molecule has 7 nitrogen and oxygen atoms in total. The number of hydrogen-bond donors (Lipinski definition) is 2. The Morgan fingerprint density at radius 1 is 1.03 bits per heavy atom. The van der Waals surface area contributed by atoms with Gasteiger partial charge in [0.25, 0.3) is 0 Å². The number of allylic oxidation sites excluding steroid dienone is 2. The Morgan fingerprint density at radius 2 is 1.57 bits per heavy atom. The number of carboxylic acids is 2. The normalized spacial score (nSPS) is 16.0. The molecule has 0 atom stereocenters. The lowest BCUT2D eigenvalue weighted by Gasteiger charge is -2.45. The lowest BCUT2D eigenvalue weighted by molar-refractivity contribution is -0.139. The molecule has 1 aromatic rings. The number of rotatable bonds is 8. The maximum atomic E-state index is 12.5. The van der Waals surface area contributed by atoms with Crippen LogP contribution in [0.5, 0.6) is 0 Å². The van der Waals surface area contributed by atoms with Crippen LogP contribution in [0.4, 0.5) is 0 Å². The zero-order valence-corrected chi connectivity index (χ0v) is 18.6. The lowest BCUT2D eigenvalue weighted by atomic mass is 9.64. The fourth-order valence-corrected chi connectivity index (χ4v) is 5.27. The van der Waals surface area contributed by atoms with Gasteiger partial charge in [-0.05, 0) is 38.8 Å². The summed E-state index contributed by atoms with van der Waals surface area (Å²) in [6, 6.07) is 7.10. The second kappa shape index (κ2) is 9.38. The summed E-state index contributed by atoms with van der Waals surface area (Å²) in [4.78, 5) is 38.5. The molecule has 30 heavy (non-hydrogen) atoms. The number of nitrogens with zero attached hydrogens (tertiary/aromatic N) is 1. The van der Waals surface area contributed by atoms with E-state index in [1.54, 1.807) is 49.9 Å². The number of ether oxygens (including phenoxy) is 1. The number of esters is 1. The molecule has 0 bridgehead atoms. The Morgan fingerprint density at radius 3 is 2.00 bits per heavy atom. The Bertz CT molecular complexity index is 895. The average Bonchev–Trinajstić information content (AvgIpc) is 2.67. The monoisotopic (exact) mass is 433 g/mol. The first kappa shape index (κ1) is 23.5. The predicted molar refractivity (Wildman–Crippen MR) is 114 cm³/mol. The zero-order valence-electron chi connectivity index (χ0n) is 17.8. The number of aliphatic carboxylic acids is 2. The average molecular weight is 434 g/mol. The van der Waals surface area contributed by atoms with Gasteiger partial charge in [-0.15, -0.1) is 0 Å². The molecule has 2 N–H and O–H groups in total. The summed E-state index contributed by atoms with van der Waals surface area (Å²) in [5.74, 6) is -2.69. The van der Waals surface area contributed by atoms with Crippen LogP contribution >= 0.6 is 11.8 Å². The number of carbonyl (C=O) groups is 3. The standard InChI is InChI=1S/C22H27NO6S/c1-6-22(16-10-8-9-11-17(16)30-12-29-15(5)24)18(20(25)26)13(3)23(7-2)14(4)19(22)21(27)28/h8-11H,6-7,12H2,1-5H3,(H,25,26)(H,27,28). The van der Waals surface area contributed by atoms with E-state index in [0.29, 0.717) is 28.4 Å². The van der Waals surface area contributed by atoms with Gasteiger partial charge in [0.15, 0.2) is 0 Å². The van der Waals surface area contributed by atoms with Crippen LogP contribution in [0.3, 0.4) is 0 Å². The zero-order chi connectivity index (χ0) is 22.6. The van der Waals surface area contributed by atoms with Gasteiger partial charge in [0.05, 0.1) is 16.6 Å². The van der Waals surface area contributed by atoms with Crippen molar-refractivity contribution in [1.82, 2.24) is 4.90 Å². The van der Waals surface area contributed by atoms with Crippen LogP contribution in [0.2, 0.25) is 0 Å². The molecular formula is C22H27NO6S. The minimum Gasteiger partial charge on any atom is -0.478 e. The molecule has 0 unspecified atom stereocenters. The Labute approximate surface area is 180 Å². The van der Waals surface area contributed by atoms with Gasteiger partial charge in [0.2, 0.25) is 0 Å². The van der Waals surface area contributed by atoms with Gasteiger partial charge in [-0.3, -0.25) is 4.79 Å². The molecular weight excluding hydrogens is 406 g/mol. The van der Waals surface area contributed by atoms with Crippen molar-refractivity contribution in [3.8, 4) is 0 Å². The number of carboxylic acid groups (broad SMARTS) is 2. The molecule has 0 radical (unpaired) electrons. The number of benzene rings is 1. The summed E-state index contributed by atoms with van der Waals surface area (Å²) in [7, 11) is 0. The smallest absolute Gasteiger partial charge is 0.334 e. The van der Waals surface area contributed by atoms with E-state index in [1.165, 1.54) is 18.7 Å². The third kappa shape index (κ3) is 3.96. The van der Waals surface area contributed by atoms with E-state index < -0.39 is 23.3 Å². The van der Waals surface area contributed by atoms with Crippen molar-refractivity contribution in [1.29, 1.82) is 0 Å². The summed E-state index contributed by atoms with van der Waals surface area (Å²) in [5.41, 5.74) is 0.375. The van der Waals surface area contributed by atoms with Gasteiger partial charge in [0.1, 0.15) is 5.94 Å². The fraction of sp³-hybridized carbons (Fsp3) is 0.409. The number of thioether (sulfide) groups is 1. The highest BCUT2D eigenvalue weighted by Gasteiger charge is 2.51. The maximum Gasteiger partial charge on any atom is 0.334 e. The van der Waals surface area contributed by atoms with E-state index in [1.807, 2.05) is 6.92 Å². The third-order valence-electron chi connectivity index (χ3n) is 5.48. The summed E-state index contributed by atoms with van der Waals surface area (Å²) in [6.45, 7) is 8.84. The first-order valence-electron chi connectivity index (χ1n) is 9.65. The van der Waals surface area contributed by atoms with Crippen molar-refractivity contribution in [2.24, 2.45) is 0 Å². The number of carbonyl (C=O) groups excluding carboxylic acids is 1. The lowest BCUT2D eigenvalue weighted by Crippen LogP contribution is -2.45. The van der Waals surface area contributed by atoms with E-state index in [9.17, 15) is 24.6 Å². The van der Waals surface area contributed by atoms with Gasteiger partial charge in [0, 0.05) is 29.8 Å². The topological polar surface area (TPSA) is 104 Å². The van der Waals surface area contributed by atoms with Crippen LogP contribution in [0.1, 0.15) is 46.6 Å². The van der Waals surface area contributed by atoms with Crippen LogP contribution < -0.4 is 0 Å². The molecule has 0 saturated heterocycles. The minimum absolute atomic E-state index is 0.0451. The second-order valence-corrected chi connectivity index (χ2v) is 7.89. The second-order valence-electron chi connectivity index (χ2n) is 6.93. The van der Waals surface area contributed by atoms with E-state index in [4.69, 9.17) is 4.74 Å². The minimum atomic E-state index is -1.35. The van der Waals surface area contributed by atoms with Crippen LogP contribution in [0.25, 0.3) is 0 Å². The molecule has 0 aromatic heterocycles. The first-order chi connectivity index (χ1) is 14.1. The van der Waals surface area contributed by atoms with E-state index in [0.717, 1.165) is 0 Å². The van der Waals surface area contributed by atoms with Gasteiger partial charge in [-0.1, -0.05) is 36.9 Å². The van der Waals surface area contributed by atoms with Crippen molar-refractivity contribution >= 4 is 29.7 Å². The third-order valence-corrected chi connectivity index (χ3v) is 6.39. The van der Waals surface area contributed by atoms with Crippen LogP contribution in [-0.4, -0.2) is 45.5 Å². The molecule has 1 heterocycles. The summed E-state index contributed by atoms with van der Waals surface area (Å²) in [6.07, 6.45) is 0.244. The molecule has 1 aromatic carbocycles. The van der Waals surface area contributed by atoms with Crippen molar-refractivity contribution in [3.05, 3.63) is 52.4 Å². The molecule has 0 saturated carbocycles. The van der Waals surface area contributed by atoms with Gasteiger partial charge < -0.3 is 19.8 Å². The Balaban J connectivity index is 2.86. The molecule has 1 aliphatic rings. The molecule has 0 aliphatic carbocycles. The molecule has 162 valence electrons. The van der Waals surface area contributed by atoms with Crippen LogP contribution in [0, 0.1) is 0 Å². The SMILES string of the molecule is CCN1C(C)=C(C(=O)O)C(CC)(c2ccccc2SCOC(C)=O)C(C(=O)O)=C1C. The maximum absolute atomic E-state index is 12.5. The molecule has 0 spiro atoms. The summed E-state index contributed by atoms with van der Waals surface area (Å²) < 4.78 is 5.04. The molecule has 0 fully saturated rings. The predicted octanol–water partition coefficient (Wildman–Crippen LogP) is 4.00. The first-order valence-corrected chi connectivity index (χ1v) is 10.6. The van der Waals surface area contributed by atoms with Gasteiger partial charge >= 0.3 is 17.9 Å². The summed E-state index contributed by atoms with van der Waals surface area (Å²) in [5, 5.41) is 20.4. The van der Waals surface area contributed by atoms with Crippen LogP contribution in [-0.2, 0) is 24.5 Å². The van der Waals surface area contributed by atoms with E-state index in [-0.39, 0.29) is 23.5 Å². The Hall–Kier alpha value is -2.74. The highest BCUT2D eigenvalue weighted by molar-refractivity contribution is 7.99. The van der Waals surface area contributed by atoms with Crippen LogP contribution in [0.15, 0.2) is 51.7 Å². The fourth-order valence-electron chi connectivity index (χ4n) is 4.35. The van der Waals surface area contributed by atoms with E-state index in [2.05, 4.69) is 0 Å². The Kier molecular flexibility index (Phi) is 7.36. The molecule has 0 amide bonds. The largest absolute Gasteiger partial charge is 0.478 e. The van der Waals surface area contributed by atoms with Gasteiger partial charge in [-0.2, -0.15) is 0 Å². The number of hydrogen-bond acceptors (Lipinski definition) is 6. The quantitative estimate of drug-likeness (QED) is 0.360. The van der Waals surface area contributed by atoms with Crippen molar-refractivity contribution < 1.29 is 29.3 Å². The van der Waals surface area contributed by atoms with Crippen molar-refractivity contribution in [2.75, 3.05) is 12.5 Å².